The average molecular weight is 297 g/mol. The van der Waals surface area contributed by atoms with Crippen molar-refractivity contribution in [1.29, 1.82) is 0 Å². The molecule has 0 atom stereocenters. The summed E-state index contributed by atoms with van der Waals surface area (Å²) in [5.41, 5.74) is 0. The van der Waals surface area contributed by atoms with Gasteiger partial charge in [0.2, 0.25) is 0 Å². The molecule has 0 unspecified atom stereocenters. The van der Waals surface area contributed by atoms with Crippen LogP contribution in [0.4, 0.5) is 4.79 Å². The first-order valence-electron chi connectivity index (χ1n) is 7.94. The van der Waals surface area contributed by atoms with E-state index in [2.05, 4.69) is 12.2 Å². The smallest absolute Gasteiger partial charge is 0.407 e. The van der Waals surface area contributed by atoms with Crippen molar-refractivity contribution < 1.29 is 19.1 Å². The summed E-state index contributed by atoms with van der Waals surface area (Å²) in [5.74, 6) is 0.112. The Labute approximate surface area is 127 Å². The molecule has 1 fully saturated rings. The zero-order chi connectivity index (χ0) is 15.5. The molecule has 120 valence electrons. The van der Waals surface area contributed by atoms with E-state index in [1.807, 2.05) is 6.08 Å². The molecule has 1 N–H and O–H groups in total. The van der Waals surface area contributed by atoms with E-state index >= 15 is 0 Å². The van der Waals surface area contributed by atoms with Crippen LogP contribution in [0.5, 0.6) is 0 Å². The van der Waals surface area contributed by atoms with Gasteiger partial charge in [-0.25, -0.2) is 9.59 Å². The average Bonchev–Trinajstić information content (AvgIpc) is 2.47. The van der Waals surface area contributed by atoms with E-state index in [0.717, 1.165) is 38.5 Å². The van der Waals surface area contributed by atoms with Crippen LogP contribution in [0, 0.1) is 5.92 Å². The summed E-state index contributed by atoms with van der Waals surface area (Å²) in [7, 11) is 0. The standard InChI is InChI=1S/C16H27NO4/c1-3-5-12-21-16(19)17-14-9-6-13(7-10-14)8-11-15(18)20-4-2/h8,11,13-14H,3-7,9-10,12H2,1-2H3,(H,17,19)/b11-8+. The van der Waals surface area contributed by atoms with Crippen LogP contribution < -0.4 is 5.32 Å². The largest absolute Gasteiger partial charge is 0.463 e. The summed E-state index contributed by atoms with van der Waals surface area (Å²) >= 11 is 0. The molecule has 0 radical (unpaired) electrons. The number of carbonyl (C=O) groups is 2. The predicted octanol–water partition coefficient (Wildman–Crippen LogP) is 3.19. The number of ether oxygens (including phenoxy) is 2. The SMILES string of the molecule is CCCCOC(=O)NC1CCC(/C=C/C(=O)OCC)CC1. The van der Waals surface area contributed by atoms with Gasteiger partial charge in [0.05, 0.1) is 13.2 Å². The summed E-state index contributed by atoms with van der Waals surface area (Å²) in [5, 5.41) is 2.91. The molecule has 21 heavy (non-hydrogen) atoms. The number of hydrogen-bond donors (Lipinski definition) is 1. The second kappa shape index (κ2) is 10.2. The van der Waals surface area contributed by atoms with E-state index in [0.29, 0.717) is 19.1 Å². The lowest BCUT2D eigenvalue weighted by Crippen LogP contribution is -2.37. The highest BCUT2D eigenvalue weighted by Crippen LogP contribution is 2.25. The fourth-order valence-electron chi connectivity index (χ4n) is 2.38. The van der Waals surface area contributed by atoms with Crippen LogP contribution >= 0.6 is 0 Å². The van der Waals surface area contributed by atoms with Crippen LogP contribution in [-0.2, 0) is 14.3 Å². The number of esters is 1. The second-order valence-electron chi connectivity index (χ2n) is 5.36. The first kappa shape index (κ1) is 17.5. The highest BCUT2D eigenvalue weighted by molar-refractivity contribution is 5.81. The minimum absolute atomic E-state index is 0.186. The van der Waals surface area contributed by atoms with Gasteiger partial charge in [0.15, 0.2) is 0 Å². The summed E-state index contributed by atoms with van der Waals surface area (Å²) < 4.78 is 9.95. The van der Waals surface area contributed by atoms with E-state index in [4.69, 9.17) is 9.47 Å². The van der Waals surface area contributed by atoms with Gasteiger partial charge in [-0.3, -0.25) is 0 Å². The van der Waals surface area contributed by atoms with Gasteiger partial charge in [-0.1, -0.05) is 19.4 Å². The number of amides is 1. The maximum Gasteiger partial charge on any atom is 0.407 e. The van der Waals surface area contributed by atoms with Crippen LogP contribution in [-0.4, -0.2) is 31.3 Å². The first-order chi connectivity index (χ1) is 10.2. The summed E-state index contributed by atoms with van der Waals surface area (Å²) in [6, 6.07) is 0.186. The van der Waals surface area contributed by atoms with Crippen molar-refractivity contribution in [2.75, 3.05) is 13.2 Å². The Hall–Kier alpha value is -1.52. The molecule has 1 rings (SSSR count). The van der Waals surface area contributed by atoms with E-state index in [1.165, 1.54) is 6.08 Å². The quantitative estimate of drug-likeness (QED) is 0.445. The molecular weight excluding hydrogens is 270 g/mol. The molecule has 0 bridgehead atoms. The zero-order valence-corrected chi connectivity index (χ0v) is 13.1. The molecule has 0 heterocycles. The predicted molar refractivity (Wildman–Crippen MR) is 80.9 cm³/mol. The van der Waals surface area contributed by atoms with E-state index < -0.39 is 0 Å². The Bertz CT molecular complexity index is 346. The monoisotopic (exact) mass is 297 g/mol. The molecule has 1 aliphatic rings. The van der Waals surface area contributed by atoms with Crippen molar-refractivity contribution in [3.8, 4) is 0 Å². The van der Waals surface area contributed by atoms with Gasteiger partial charge in [-0.15, -0.1) is 0 Å². The lowest BCUT2D eigenvalue weighted by Gasteiger charge is -2.27. The normalized spacial score (nSPS) is 22.0. The molecular formula is C16H27NO4. The van der Waals surface area contributed by atoms with Crippen molar-refractivity contribution in [3.05, 3.63) is 12.2 Å². The number of unbranched alkanes of at least 4 members (excludes halogenated alkanes) is 1. The highest BCUT2D eigenvalue weighted by atomic mass is 16.5. The van der Waals surface area contributed by atoms with Gasteiger partial charge in [-0.2, -0.15) is 0 Å². The molecule has 0 aliphatic heterocycles. The molecule has 0 aromatic carbocycles. The third kappa shape index (κ3) is 7.73. The van der Waals surface area contributed by atoms with E-state index in [1.54, 1.807) is 6.92 Å². The number of alkyl carbamates (subject to hydrolysis) is 1. The summed E-state index contributed by atoms with van der Waals surface area (Å²) in [4.78, 5) is 22.8. The van der Waals surface area contributed by atoms with E-state index in [9.17, 15) is 9.59 Å². The Morgan fingerprint density at radius 1 is 1.14 bits per heavy atom. The van der Waals surface area contributed by atoms with Gasteiger partial charge in [0.1, 0.15) is 0 Å². The van der Waals surface area contributed by atoms with Gasteiger partial charge in [0, 0.05) is 12.1 Å². The topological polar surface area (TPSA) is 64.6 Å². The Balaban J connectivity index is 2.19. The number of rotatable bonds is 7. The van der Waals surface area contributed by atoms with Gasteiger partial charge >= 0.3 is 12.1 Å². The third-order valence-electron chi connectivity index (χ3n) is 3.62. The molecule has 0 aromatic rings. The van der Waals surface area contributed by atoms with Crippen LogP contribution in [0.25, 0.3) is 0 Å². The molecule has 0 aromatic heterocycles. The highest BCUT2D eigenvalue weighted by Gasteiger charge is 2.21. The van der Waals surface area contributed by atoms with E-state index in [-0.39, 0.29) is 18.1 Å². The maximum atomic E-state index is 11.5. The van der Waals surface area contributed by atoms with Crippen LogP contribution in [0.3, 0.4) is 0 Å². The van der Waals surface area contributed by atoms with Crippen molar-refractivity contribution in [3.63, 3.8) is 0 Å². The lowest BCUT2D eigenvalue weighted by atomic mass is 9.86. The van der Waals surface area contributed by atoms with Crippen LogP contribution in [0.1, 0.15) is 52.4 Å². The minimum atomic E-state index is -0.311. The van der Waals surface area contributed by atoms with Gasteiger partial charge in [0.25, 0.3) is 0 Å². The summed E-state index contributed by atoms with van der Waals surface area (Å²) in [6.45, 7) is 4.74. The number of nitrogens with one attached hydrogen (secondary N) is 1. The lowest BCUT2D eigenvalue weighted by molar-refractivity contribution is -0.137. The van der Waals surface area contributed by atoms with Crippen molar-refractivity contribution >= 4 is 12.1 Å². The van der Waals surface area contributed by atoms with Crippen molar-refractivity contribution in [2.45, 2.75) is 58.4 Å². The second-order valence-corrected chi connectivity index (χ2v) is 5.36. The fraction of sp³-hybridized carbons (Fsp3) is 0.750. The Morgan fingerprint density at radius 2 is 1.86 bits per heavy atom. The van der Waals surface area contributed by atoms with Crippen LogP contribution in [0.15, 0.2) is 12.2 Å². The number of allylic oxidation sites excluding steroid dienone is 1. The van der Waals surface area contributed by atoms with Gasteiger partial charge < -0.3 is 14.8 Å². The number of carbonyl (C=O) groups excluding carboxylic acids is 2. The molecule has 1 saturated carbocycles. The van der Waals surface area contributed by atoms with Crippen molar-refractivity contribution in [1.82, 2.24) is 5.32 Å². The molecule has 5 heteroatoms. The molecule has 1 amide bonds. The maximum absolute atomic E-state index is 11.5. The Kier molecular flexibility index (Phi) is 8.55. The zero-order valence-electron chi connectivity index (χ0n) is 13.1. The first-order valence-corrected chi connectivity index (χ1v) is 7.94. The fourth-order valence-corrected chi connectivity index (χ4v) is 2.38. The molecule has 0 saturated heterocycles. The number of hydrogen-bond acceptors (Lipinski definition) is 4. The Morgan fingerprint density at radius 3 is 2.48 bits per heavy atom. The van der Waals surface area contributed by atoms with Crippen LogP contribution in [0.2, 0.25) is 0 Å². The van der Waals surface area contributed by atoms with Gasteiger partial charge in [-0.05, 0) is 44.9 Å². The summed E-state index contributed by atoms with van der Waals surface area (Å²) in [6.07, 6.45) is 8.82. The third-order valence-corrected chi connectivity index (χ3v) is 3.62. The van der Waals surface area contributed by atoms with Crippen molar-refractivity contribution in [2.24, 2.45) is 5.92 Å². The minimum Gasteiger partial charge on any atom is -0.463 e. The molecule has 0 spiro atoms. The molecule has 1 aliphatic carbocycles. The molecule has 5 nitrogen and oxygen atoms in total.